The summed E-state index contributed by atoms with van der Waals surface area (Å²) in [5.74, 6) is 3.13. The van der Waals surface area contributed by atoms with Crippen molar-refractivity contribution in [3.8, 4) is 0 Å². The molecule has 0 aromatic heterocycles. The van der Waals surface area contributed by atoms with Crippen molar-refractivity contribution in [1.82, 2.24) is 0 Å². The number of carbonyl (C=O) groups is 2. The molecular weight excluding hydrogens is 496 g/mol. The number of hydrogen-bond donors (Lipinski definition) is 0. The predicted octanol–water partition coefficient (Wildman–Crippen LogP) is 8.73. The zero-order valence-corrected chi connectivity index (χ0v) is 27.6. The molecule has 4 heteroatoms. The van der Waals surface area contributed by atoms with Crippen molar-refractivity contribution in [3.05, 3.63) is 0 Å². The van der Waals surface area contributed by atoms with E-state index >= 15 is 0 Å². The van der Waals surface area contributed by atoms with Crippen LogP contribution in [0.4, 0.5) is 0 Å². The largest absolute Gasteiger partial charge is 0.364 e. The third kappa shape index (κ3) is 4.78. The van der Waals surface area contributed by atoms with Crippen molar-refractivity contribution in [1.29, 1.82) is 0 Å². The van der Waals surface area contributed by atoms with Crippen LogP contribution in [0.2, 0.25) is 0 Å². The second-order valence-corrected chi connectivity index (χ2v) is 17.5. The summed E-state index contributed by atoms with van der Waals surface area (Å²) in [5.41, 5.74) is 1.49. The monoisotopic (exact) mass is 556 g/mol. The van der Waals surface area contributed by atoms with E-state index in [1.165, 1.54) is 51.4 Å². The Morgan fingerprint density at radius 2 is 0.875 bits per heavy atom. The lowest BCUT2D eigenvalue weighted by Crippen LogP contribution is -2.55. The average Bonchev–Trinajstić information content (AvgIpc) is 3.38. The lowest BCUT2D eigenvalue weighted by molar-refractivity contribution is -0.160. The number of rotatable bonds is 2. The second-order valence-electron chi connectivity index (χ2n) is 17.5. The van der Waals surface area contributed by atoms with Crippen LogP contribution < -0.4 is 0 Å². The third-order valence-corrected chi connectivity index (χ3v) is 14.1. The van der Waals surface area contributed by atoms with Crippen molar-refractivity contribution in [2.45, 2.75) is 170 Å². The first-order valence-corrected chi connectivity index (χ1v) is 16.7. The first-order chi connectivity index (χ1) is 18.4. The number of hydrogen-bond acceptors (Lipinski definition) is 4. The first kappa shape index (κ1) is 30.7. The number of ether oxygens (including phenoxy) is 2. The molecule has 0 aromatic carbocycles. The van der Waals surface area contributed by atoms with Crippen LogP contribution in [0.25, 0.3) is 0 Å². The molecule has 2 aliphatic heterocycles. The van der Waals surface area contributed by atoms with E-state index in [4.69, 9.17) is 9.47 Å². The number of carbonyl (C=O) groups excluding carboxylic acids is 2. The van der Waals surface area contributed by atoms with Gasteiger partial charge in [0.05, 0.1) is 11.2 Å². The molecule has 0 radical (unpaired) electrons. The zero-order valence-electron chi connectivity index (χ0n) is 27.6. The van der Waals surface area contributed by atoms with E-state index in [1.54, 1.807) is 13.8 Å². The number of Topliss-reactive ketones (excluding diaryl/α,β-unsaturated/α-hetero) is 2. The predicted molar refractivity (Wildman–Crippen MR) is 161 cm³/mol. The normalized spacial score (nSPS) is 50.4. The van der Waals surface area contributed by atoms with Crippen molar-refractivity contribution < 1.29 is 19.1 Å². The molecule has 10 atom stereocenters. The lowest BCUT2D eigenvalue weighted by atomic mass is 9.45. The Balaban J connectivity index is 0.000000161. The van der Waals surface area contributed by atoms with E-state index in [1.807, 2.05) is 0 Å². The van der Waals surface area contributed by atoms with Gasteiger partial charge in [0.25, 0.3) is 0 Å². The molecule has 0 aromatic rings. The van der Waals surface area contributed by atoms with Crippen LogP contribution in [-0.2, 0) is 19.1 Å². The minimum absolute atomic E-state index is 0.0605. The highest BCUT2D eigenvalue weighted by Crippen LogP contribution is 2.67. The summed E-state index contributed by atoms with van der Waals surface area (Å²) < 4.78 is 12.5. The molecule has 0 N–H and O–H groups in total. The van der Waals surface area contributed by atoms with Gasteiger partial charge in [0.1, 0.15) is 12.2 Å². The van der Waals surface area contributed by atoms with E-state index in [0.717, 1.165) is 37.5 Å². The maximum atomic E-state index is 11.8. The smallest absolute Gasteiger partial charge is 0.158 e. The standard InChI is InChI=1S/2C18H30O2/c2*1-12(19)13-11-15-17(4)9-6-8-16(2,3)14(17)7-10-18(15,5)20-13/h2*13-15H,6-11H2,1-5H3/t2*13?,14?,15-,17+,18-/m11/s1. The Bertz CT molecular complexity index is 934. The van der Waals surface area contributed by atoms with Gasteiger partial charge in [0.15, 0.2) is 11.6 Å². The van der Waals surface area contributed by atoms with Gasteiger partial charge in [-0.3, -0.25) is 9.59 Å². The first-order valence-electron chi connectivity index (χ1n) is 16.7. The molecule has 4 saturated carbocycles. The maximum absolute atomic E-state index is 11.8. The summed E-state index contributed by atoms with van der Waals surface area (Å²) in [5, 5.41) is 0. The molecule has 4 unspecified atom stereocenters. The van der Waals surface area contributed by atoms with Crippen LogP contribution in [0, 0.1) is 45.3 Å². The summed E-state index contributed by atoms with van der Waals surface area (Å²) >= 11 is 0. The Kier molecular flexibility index (Phi) is 7.60. The highest BCUT2D eigenvalue weighted by atomic mass is 16.5. The highest BCUT2D eigenvalue weighted by molar-refractivity contribution is 5.81. The third-order valence-electron chi connectivity index (χ3n) is 14.1. The van der Waals surface area contributed by atoms with Gasteiger partial charge in [0.2, 0.25) is 0 Å². The lowest BCUT2D eigenvalue weighted by Gasteiger charge is -2.60. The molecule has 4 aliphatic carbocycles. The van der Waals surface area contributed by atoms with E-state index in [2.05, 4.69) is 55.4 Å². The molecule has 2 heterocycles. The summed E-state index contributed by atoms with van der Waals surface area (Å²) in [6.07, 6.45) is 14.4. The molecular formula is C36H60O4. The molecule has 6 aliphatic rings. The fraction of sp³-hybridized carbons (Fsp3) is 0.944. The van der Waals surface area contributed by atoms with Gasteiger partial charge in [-0.15, -0.1) is 0 Å². The molecule has 0 bridgehead atoms. The van der Waals surface area contributed by atoms with Gasteiger partial charge >= 0.3 is 0 Å². The molecule has 6 rings (SSSR count). The van der Waals surface area contributed by atoms with Gasteiger partial charge in [-0.05, 0) is 137 Å². The van der Waals surface area contributed by atoms with Crippen LogP contribution >= 0.6 is 0 Å². The van der Waals surface area contributed by atoms with Crippen LogP contribution in [0.15, 0.2) is 0 Å². The van der Waals surface area contributed by atoms with Crippen molar-refractivity contribution in [2.75, 3.05) is 0 Å². The van der Waals surface area contributed by atoms with Crippen LogP contribution in [0.1, 0.15) is 146 Å². The van der Waals surface area contributed by atoms with Crippen molar-refractivity contribution in [2.24, 2.45) is 45.3 Å². The Morgan fingerprint density at radius 3 is 1.20 bits per heavy atom. The number of fused-ring (bicyclic) bond motifs is 6. The Labute approximate surface area is 245 Å². The van der Waals surface area contributed by atoms with E-state index < -0.39 is 0 Å². The van der Waals surface area contributed by atoms with Gasteiger partial charge in [-0.1, -0.05) is 54.4 Å². The Hall–Kier alpha value is -0.740. The molecule has 0 amide bonds. The summed E-state index contributed by atoms with van der Waals surface area (Å²) in [4.78, 5) is 23.6. The topological polar surface area (TPSA) is 52.6 Å². The second kappa shape index (κ2) is 9.90. The SMILES string of the molecule is CC(=O)C1C[C@H]2[C@@](C)(CCC3C(C)(C)CCC[C@@]32C)O1.CC(=O)C1C[C@H]2[C@@](C)(CCC3C(C)(C)CCC[C@@]32C)O1. The Morgan fingerprint density at radius 1 is 0.525 bits per heavy atom. The highest BCUT2D eigenvalue weighted by Gasteiger charge is 2.63. The minimum atomic E-state index is -0.148. The van der Waals surface area contributed by atoms with Gasteiger partial charge < -0.3 is 9.47 Å². The maximum Gasteiger partial charge on any atom is 0.158 e. The van der Waals surface area contributed by atoms with Gasteiger partial charge in [0, 0.05) is 0 Å². The summed E-state index contributed by atoms with van der Waals surface area (Å²) in [6, 6.07) is 0. The van der Waals surface area contributed by atoms with Gasteiger partial charge in [-0.2, -0.15) is 0 Å². The molecule has 4 nitrogen and oxygen atoms in total. The quantitative estimate of drug-likeness (QED) is 0.341. The van der Waals surface area contributed by atoms with E-state index in [9.17, 15) is 9.59 Å². The fourth-order valence-electron chi connectivity index (χ4n) is 12.2. The van der Waals surface area contributed by atoms with Crippen LogP contribution in [-0.4, -0.2) is 35.0 Å². The molecule has 0 spiro atoms. The molecule has 228 valence electrons. The number of ketones is 2. The van der Waals surface area contributed by atoms with E-state index in [-0.39, 0.29) is 35.0 Å². The van der Waals surface area contributed by atoms with Crippen LogP contribution in [0.3, 0.4) is 0 Å². The fourth-order valence-corrected chi connectivity index (χ4v) is 12.2. The van der Waals surface area contributed by atoms with Crippen molar-refractivity contribution >= 4 is 11.6 Å². The summed E-state index contributed by atoms with van der Waals surface area (Å²) in [6.45, 7) is 22.7. The molecule has 40 heavy (non-hydrogen) atoms. The minimum Gasteiger partial charge on any atom is -0.364 e. The average molecular weight is 557 g/mol. The molecule has 2 saturated heterocycles. The van der Waals surface area contributed by atoms with Crippen molar-refractivity contribution in [3.63, 3.8) is 0 Å². The van der Waals surface area contributed by atoms with E-state index in [0.29, 0.717) is 33.5 Å². The summed E-state index contributed by atoms with van der Waals surface area (Å²) in [7, 11) is 0. The van der Waals surface area contributed by atoms with Crippen LogP contribution in [0.5, 0.6) is 0 Å². The van der Waals surface area contributed by atoms with Gasteiger partial charge in [-0.25, -0.2) is 0 Å². The molecule has 6 fully saturated rings. The zero-order chi connectivity index (χ0) is 29.5.